The van der Waals surface area contributed by atoms with Gasteiger partial charge in [0.25, 0.3) is 0 Å². The lowest BCUT2D eigenvalue weighted by Gasteiger charge is -2.14. The van der Waals surface area contributed by atoms with Crippen LogP contribution in [-0.4, -0.2) is 6.36 Å². The third-order valence-corrected chi connectivity index (χ3v) is 3.08. The Morgan fingerprint density at radius 3 is 2.32 bits per heavy atom. The summed E-state index contributed by atoms with van der Waals surface area (Å²) in [5.74, 6) is -0.977. The summed E-state index contributed by atoms with van der Waals surface area (Å²) < 4.78 is 54.0. The van der Waals surface area contributed by atoms with Gasteiger partial charge >= 0.3 is 6.36 Å². The van der Waals surface area contributed by atoms with Gasteiger partial charge in [0.15, 0.2) is 0 Å². The highest BCUT2D eigenvalue weighted by atomic mass is 35.5. The third kappa shape index (κ3) is 4.50. The van der Waals surface area contributed by atoms with Crippen LogP contribution in [0.15, 0.2) is 36.4 Å². The second-order valence-corrected chi connectivity index (χ2v) is 4.60. The molecule has 0 fully saturated rings. The quantitative estimate of drug-likeness (QED) is 0.792. The Bertz CT molecular complexity index is 662. The number of halogens is 6. The fourth-order valence-electron chi connectivity index (χ4n) is 1.89. The van der Waals surface area contributed by atoms with Crippen molar-refractivity contribution < 1.29 is 22.3 Å². The lowest BCUT2D eigenvalue weighted by Crippen LogP contribution is -2.17. The van der Waals surface area contributed by atoms with Crippen molar-refractivity contribution in [1.82, 2.24) is 0 Å². The second kappa shape index (κ2) is 7.17. The van der Waals surface area contributed by atoms with Crippen molar-refractivity contribution in [3.63, 3.8) is 0 Å². The van der Waals surface area contributed by atoms with Crippen LogP contribution in [0.25, 0.3) is 11.1 Å². The van der Waals surface area contributed by atoms with Crippen LogP contribution < -0.4 is 10.5 Å². The van der Waals surface area contributed by atoms with E-state index in [4.69, 9.17) is 17.3 Å². The largest absolute Gasteiger partial charge is 0.573 e. The maximum absolute atomic E-state index is 13.3. The van der Waals surface area contributed by atoms with Gasteiger partial charge in [-0.2, -0.15) is 0 Å². The van der Waals surface area contributed by atoms with E-state index in [1.807, 2.05) is 0 Å². The first-order chi connectivity index (χ1) is 9.80. The molecule has 2 aromatic rings. The first-order valence-electron chi connectivity index (χ1n) is 5.84. The Balaban J connectivity index is 0.00000242. The van der Waals surface area contributed by atoms with Crippen LogP contribution in [0.2, 0.25) is 5.02 Å². The summed E-state index contributed by atoms with van der Waals surface area (Å²) in [6.45, 7) is 0.0640. The molecule has 0 aliphatic carbocycles. The summed E-state index contributed by atoms with van der Waals surface area (Å²) in [6, 6.07) is 7.28. The number of ether oxygens (including phenoxy) is 1. The van der Waals surface area contributed by atoms with Crippen molar-refractivity contribution in [2.75, 3.05) is 0 Å². The van der Waals surface area contributed by atoms with E-state index in [0.717, 1.165) is 24.3 Å². The number of nitrogens with two attached hydrogens (primary N) is 1. The zero-order valence-electron chi connectivity index (χ0n) is 11.0. The molecule has 0 aliphatic rings. The molecule has 0 bridgehead atoms. The Labute approximate surface area is 135 Å². The second-order valence-electron chi connectivity index (χ2n) is 4.20. The zero-order chi connectivity index (χ0) is 15.6. The van der Waals surface area contributed by atoms with Crippen molar-refractivity contribution in [1.29, 1.82) is 0 Å². The van der Waals surface area contributed by atoms with Crippen LogP contribution >= 0.6 is 24.0 Å². The number of benzene rings is 2. The molecular formula is C14H11Cl2F4NO. The average molecular weight is 356 g/mol. The highest BCUT2D eigenvalue weighted by Gasteiger charge is 2.31. The molecule has 2 aromatic carbocycles. The standard InChI is InChI=1S/C14H10ClF4NO.ClH/c15-13-4-2-9(16)5-12(13)11-6-10(21-14(17,18)19)3-1-8(11)7-20;/h1-6H,7,20H2;1H. The van der Waals surface area contributed by atoms with E-state index in [2.05, 4.69) is 4.74 Å². The SMILES string of the molecule is Cl.NCc1ccc(OC(F)(F)F)cc1-c1cc(F)ccc1Cl. The van der Waals surface area contributed by atoms with Gasteiger partial charge in [-0.15, -0.1) is 25.6 Å². The van der Waals surface area contributed by atoms with Gasteiger partial charge in [-0.3, -0.25) is 0 Å². The fourth-order valence-corrected chi connectivity index (χ4v) is 2.10. The van der Waals surface area contributed by atoms with Gasteiger partial charge in [0, 0.05) is 17.1 Å². The van der Waals surface area contributed by atoms with E-state index in [0.29, 0.717) is 11.1 Å². The zero-order valence-corrected chi connectivity index (χ0v) is 12.5. The van der Waals surface area contributed by atoms with Crippen molar-refractivity contribution in [3.05, 3.63) is 52.8 Å². The van der Waals surface area contributed by atoms with Crippen molar-refractivity contribution in [3.8, 4) is 16.9 Å². The van der Waals surface area contributed by atoms with Crippen LogP contribution in [0.1, 0.15) is 5.56 Å². The van der Waals surface area contributed by atoms with Gasteiger partial charge in [-0.1, -0.05) is 17.7 Å². The molecule has 2 rings (SSSR count). The molecule has 2 N–H and O–H groups in total. The monoisotopic (exact) mass is 355 g/mol. The number of alkyl halides is 3. The number of hydrogen-bond donors (Lipinski definition) is 1. The predicted octanol–water partition coefficient (Wildman–Crippen LogP) is 4.93. The maximum atomic E-state index is 13.3. The fraction of sp³-hybridized carbons (Fsp3) is 0.143. The summed E-state index contributed by atoms with van der Waals surface area (Å²) in [6.07, 6.45) is -4.81. The lowest BCUT2D eigenvalue weighted by molar-refractivity contribution is -0.274. The van der Waals surface area contributed by atoms with Gasteiger partial charge in [-0.05, 0) is 41.5 Å². The van der Waals surface area contributed by atoms with Gasteiger partial charge < -0.3 is 10.5 Å². The lowest BCUT2D eigenvalue weighted by atomic mass is 9.99. The van der Waals surface area contributed by atoms with E-state index >= 15 is 0 Å². The summed E-state index contributed by atoms with van der Waals surface area (Å²) in [5.41, 5.74) is 6.63. The first kappa shape index (κ1) is 18.5. The van der Waals surface area contributed by atoms with Gasteiger partial charge in [0.2, 0.25) is 0 Å². The van der Waals surface area contributed by atoms with Crippen molar-refractivity contribution in [2.24, 2.45) is 5.73 Å². The first-order valence-corrected chi connectivity index (χ1v) is 6.22. The van der Waals surface area contributed by atoms with Crippen LogP contribution in [0.3, 0.4) is 0 Å². The molecule has 0 saturated heterocycles. The smallest absolute Gasteiger partial charge is 0.406 e. The summed E-state index contributed by atoms with van der Waals surface area (Å²) in [4.78, 5) is 0. The number of hydrogen-bond acceptors (Lipinski definition) is 2. The van der Waals surface area contributed by atoms with Crippen LogP contribution in [0.5, 0.6) is 5.75 Å². The highest BCUT2D eigenvalue weighted by molar-refractivity contribution is 6.33. The van der Waals surface area contributed by atoms with Crippen LogP contribution in [0.4, 0.5) is 17.6 Å². The molecule has 0 saturated carbocycles. The molecule has 0 aliphatic heterocycles. The van der Waals surface area contributed by atoms with Crippen LogP contribution in [0, 0.1) is 5.82 Å². The molecule has 8 heteroatoms. The molecule has 0 heterocycles. The minimum Gasteiger partial charge on any atom is -0.406 e. The molecule has 0 amide bonds. The van der Waals surface area contributed by atoms with Crippen molar-refractivity contribution >= 4 is 24.0 Å². The Morgan fingerprint density at radius 2 is 1.73 bits per heavy atom. The molecule has 0 aromatic heterocycles. The van der Waals surface area contributed by atoms with Crippen molar-refractivity contribution in [2.45, 2.75) is 12.9 Å². The summed E-state index contributed by atoms with van der Waals surface area (Å²) in [7, 11) is 0. The maximum Gasteiger partial charge on any atom is 0.573 e. The summed E-state index contributed by atoms with van der Waals surface area (Å²) in [5, 5.41) is 0.204. The van der Waals surface area contributed by atoms with Gasteiger partial charge in [0.05, 0.1) is 0 Å². The van der Waals surface area contributed by atoms with Gasteiger partial charge in [0.1, 0.15) is 11.6 Å². The molecule has 2 nitrogen and oxygen atoms in total. The normalized spacial score (nSPS) is 11.0. The predicted molar refractivity (Wildman–Crippen MR) is 78.7 cm³/mol. The molecule has 0 atom stereocenters. The molecule has 22 heavy (non-hydrogen) atoms. The minimum absolute atomic E-state index is 0. The van der Waals surface area contributed by atoms with E-state index in [-0.39, 0.29) is 29.5 Å². The van der Waals surface area contributed by atoms with E-state index in [1.165, 1.54) is 12.1 Å². The number of rotatable bonds is 3. The molecule has 0 spiro atoms. The highest BCUT2D eigenvalue weighted by Crippen LogP contribution is 2.35. The Kier molecular flexibility index (Phi) is 6.05. The van der Waals surface area contributed by atoms with E-state index in [9.17, 15) is 17.6 Å². The Hall–Kier alpha value is -1.50. The van der Waals surface area contributed by atoms with E-state index < -0.39 is 17.9 Å². The van der Waals surface area contributed by atoms with Crippen LogP contribution in [-0.2, 0) is 6.54 Å². The summed E-state index contributed by atoms with van der Waals surface area (Å²) >= 11 is 5.97. The minimum atomic E-state index is -4.81. The topological polar surface area (TPSA) is 35.2 Å². The molecule has 120 valence electrons. The average Bonchev–Trinajstić information content (AvgIpc) is 2.39. The molecular weight excluding hydrogens is 345 g/mol. The Morgan fingerprint density at radius 1 is 1.05 bits per heavy atom. The van der Waals surface area contributed by atoms with E-state index in [1.54, 1.807) is 0 Å². The molecule has 0 unspecified atom stereocenters. The van der Waals surface area contributed by atoms with Gasteiger partial charge in [-0.25, -0.2) is 4.39 Å². The molecule has 0 radical (unpaired) electrons. The third-order valence-electron chi connectivity index (χ3n) is 2.75.